The normalized spacial score (nSPS) is 17.5. The summed E-state index contributed by atoms with van der Waals surface area (Å²) >= 11 is 3.13. The molecule has 2 aromatic heterocycles. The molecule has 0 aliphatic heterocycles. The molecule has 2 heterocycles. The Kier molecular flexibility index (Phi) is 6.29. The fourth-order valence-electron chi connectivity index (χ4n) is 3.09. The van der Waals surface area contributed by atoms with Crippen LogP contribution in [0.5, 0.6) is 0 Å². The maximum absolute atomic E-state index is 12.0. The van der Waals surface area contributed by atoms with Crippen LogP contribution in [0.15, 0.2) is 11.2 Å². The van der Waals surface area contributed by atoms with Crippen LogP contribution in [0.2, 0.25) is 0 Å². The Bertz CT molecular complexity index is 742. The number of rotatable bonds is 7. The molecule has 0 fully saturated rings. The summed E-state index contributed by atoms with van der Waals surface area (Å²) in [6.07, 6.45) is 0.456. The Labute approximate surface area is 159 Å². The second-order valence-corrected chi connectivity index (χ2v) is 8.66. The Balaban J connectivity index is 1.60. The summed E-state index contributed by atoms with van der Waals surface area (Å²) in [6.45, 7) is 1.06. The molecular formula is C17H22F3N3OS2. The minimum absolute atomic E-state index is 0.0259. The van der Waals surface area contributed by atoms with Crippen LogP contribution < -0.4 is 0 Å². The average molecular weight is 406 g/mol. The van der Waals surface area contributed by atoms with Gasteiger partial charge in [0.25, 0.3) is 0 Å². The molecule has 0 bridgehead atoms. The van der Waals surface area contributed by atoms with Crippen LogP contribution in [-0.4, -0.2) is 39.9 Å². The van der Waals surface area contributed by atoms with Crippen LogP contribution in [0, 0.1) is 5.92 Å². The number of halogens is 3. The molecule has 9 heteroatoms. The van der Waals surface area contributed by atoms with Gasteiger partial charge in [0.2, 0.25) is 0 Å². The summed E-state index contributed by atoms with van der Waals surface area (Å²) < 4.78 is 42.7. The molecule has 0 spiro atoms. The molecule has 0 aromatic carbocycles. The van der Waals surface area contributed by atoms with Gasteiger partial charge >= 0.3 is 6.18 Å². The van der Waals surface area contributed by atoms with Crippen molar-refractivity contribution in [2.75, 3.05) is 19.0 Å². The van der Waals surface area contributed by atoms with E-state index in [0.29, 0.717) is 10.9 Å². The maximum atomic E-state index is 12.0. The molecule has 0 radical (unpaired) electrons. The molecule has 2 aromatic rings. The zero-order valence-electron chi connectivity index (χ0n) is 14.8. The minimum atomic E-state index is -4.28. The minimum Gasteiger partial charge on any atom is -0.371 e. The van der Waals surface area contributed by atoms with Crippen LogP contribution >= 0.6 is 23.1 Å². The van der Waals surface area contributed by atoms with E-state index < -0.39 is 12.8 Å². The lowest BCUT2D eigenvalue weighted by atomic mass is 9.87. The maximum Gasteiger partial charge on any atom is 0.411 e. The highest BCUT2D eigenvalue weighted by molar-refractivity contribution is 7.99. The van der Waals surface area contributed by atoms with Gasteiger partial charge in [-0.05, 0) is 36.8 Å². The van der Waals surface area contributed by atoms with E-state index in [-0.39, 0.29) is 6.61 Å². The third kappa shape index (κ3) is 4.80. The Morgan fingerprint density at radius 2 is 2.19 bits per heavy atom. The van der Waals surface area contributed by atoms with Crippen molar-refractivity contribution in [1.82, 2.24) is 14.8 Å². The van der Waals surface area contributed by atoms with Gasteiger partial charge in [0, 0.05) is 17.7 Å². The number of fused-ring (bicyclic) bond motifs is 1. The number of hydrogen-bond donors (Lipinski definition) is 0. The van der Waals surface area contributed by atoms with Crippen LogP contribution in [0.3, 0.4) is 0 Å². The third-order valence-corrected chi connectivity index (χ3v) is 6.76. The number of ether oxygens (including phenoxy) is 1. The molecule has 1 aliphatic carbocycles. The second-order valence-electron chi connectivity index (χ2n) is 6.46. The number of thioether (sulfide) groups is 1. The van der Waals surface area contributed by atoms with E-state index in [2.05, 4.69) is 27.9 Å². The number of hydrogen-bond acceptors (Lipinski definition) is 5. The number of aryl methyl sites for hydroxylation is 1. The van der Waals surface area contributed by atoms with Crippen molar-refractivity contribution in [3.8, 4) is 10.7 Å². The van der Waals surface area contributed by atoms with Gasteiger partial charge in [-0.2, -0.15) is 13.2 Å². The van der Waals surface area contributed by atoms with Gasteiger partial charge in [0.1, 0.15) is 6.61 Å². The molecule has 26 heavy (non-hydrogen) atoms. The van der Waals surface area contributed by atoms with E-state index in [1.54, 1.807) is 11.3 Å². The smallest absolute Gasteiger partial charge is 0.371 e. The highest BCUT2D eigenvalue weighted by Crippen LogP contribution is 2.38. The van der Waals surface area contributed by atoms with E-state index in [0.717, 1.165) is 29.5 Å². The number of alkyl halides is 3. The molecule has 144 valence electrons. The van der Waals surface area contributed by atoms with E-state index >= 15 is 0 Å². The molecule has 0 saturated heterocycles. The van der Waals surface area contributed by atoms with Crippen LogP contribution in [0.4, 0.5) is 13.2 Å². The standard InChI is InChI=1S/C17H22F3N3OS2/c1-3-11-4-5-13-12(8-11)9-14(26-13)15-21-22-16(23(15)2)25-7-6-24-10-17(18,19)20/h9,11H,3-8,10H2,1-2H3. The van der Waals surface area contributed by atoms with Crippen LogP contribution in [0.1, 0.15) is 30.2 Å². The summed E-state index contributed by atoms with van der Waals surface area (Å²) in [6, 6.07) is 2.23. The molecule has 1 atom stereocenters. The summed E-state index contributed by atoms with van der Waals surface area (Å²) in [7, 11) is 1.89. The second kappa shape index (κ2) is 8.31. The van der Waals surface area contributed by atoms with E-state index in [1.165, 1.54) is 35.0 Å². The quantitative estimate of drug-likeness (QED) is 0.493. The lowest BCUT2D eigenvalue weighted by Crippen LogP contribution is -2.17. The number of thiophene rings is 1. The fraction of sp³-hybridized carbons (Fsp3) is 0.647. The molecule has 3 rings (SSSR count). The molecule has 0 saturated carbocycles. The van der Waals surface area contributed by atoms with Crippen molar-refractivity contribution in [1.29, 1.82) is 0 Å². The zero-order valence-corrected chi connectivity index (χ0v) is 16.4. The molecule has 4 nitrogen and oxygen atoms in total. The molecule has 0 amide bonds. The predicted octanol–water partition coefficient (Wildman–Crippen LogP) is 4.73. The van der Waals surface area contributed by atoms with Crippen molar-refractivity contribution in [3.05, 3.63) is 16.5 Å². The molecule has 1 aliphatic rings. The Hall–Kier alpha value is -1.06. The van der Waals surface area contributed by atoms with Gasteiger partial charge in [0.05, 0.1) is 11.5 Å². The third-order valence-electron chi connectivity index (χ3n) is 4.54. The predicted molar refractivity (Wildman–Crippen MR) is 97.7 cm³/mol. The van der Waals surface area contributed by atoms with Crippen molar-refractivity contribution < 1.29 is 17.9 Å². The van der Waals surface area contributed by atoms with Gasteiger partial charge in [-0.25, -0.2) is 0 Å². The summed E-state index contributed by atoms with van der Waals surface area (Å²) in [5.74, 6) is 1.99. The number of nitrogens with zero attached hydrogens (tertiary/aromatic N) is 3. The van der Waals surface area contributed by atoms with Gasteiger partial charge in [-0.15, -0.1) is 21.5 Å². The van der Waals surface area contributed by atoms with E-state index in [9.17, 15) is 13.2 Å². The number of aromatic nitrogens is 3. The lowest BCUT2D eigenvalue weighted by Gasteiger charge is -2.19. The van der Waals surface area contributed by atoms with Gasteiger partial charge in [-0.1, -0.05) is 25.1 Å². The lowest BCUT2D eigenvalue weighted by molar-refractivity contribution is -0.172. The van der Waals surface area contributed by atoms with Crippen LogP contribution in [0.25, 0.3) is 10.7 Å². The molecular weight excluding hydrogens is 383 g/mol. The molecule has 0 N–H and O–H groups in total. The SMILES string of the molecule is CCC1CCc2sc(-c3nnc(SCCOCC(F)(F)F)n3C)cc2C1. The van der Waals surface area contributed by atoms with E-state index in [4.69, 9.17) is 0 Å². The monoisotopic (exact) mass is 405 g/mol. The zero-order chi connectivity index (χ0) is 18.7. The van der Waals surface area contributed by atoms with E-state index in [1.807, 2.05) is 11.6 Å². The first kappa shape index (κ1) is 19.7. The summed E-state index contributed by atoms with van der Waals surface area (Å²) in [4.78, 5) is 2.56. The Morgan fingerprint density at radius 1 is 1.38 bits per heavy atom. The topological polar surface area (TPSA) is 39.9 Å². The Morgan fingerprint density at radius 3 is 2.92 bits per heavy atom. The first-order chi connectivity index (χ1) is 12.4. The van der Waals surface area contributed by atoms with Crippen LogP contribution in [-0.2, 0) is 24.6 Å². The first-order valence-corrected chi connectivity index (χ1v) is 10.5. The highest BCUT2D eigenvalue weighted by Gasteiger charge is 2.27. The van der Waals surface area contributed by atoms with Crippen molar-refractivity contribution in [2.24, 2.45) is 13.0 Å². The van der Waals surface area contributed by atoms with Gasteiger partial charge in [-0.3, -0.25) is 0 Å². The fourth-order valence-corrected chi connectivity index (χ4v) is 5.08. The van der Waals surface area contributed by atoms with Crippen molar-refractivity contribution >= 4 is 23.1 Å². The van der Waals surface area contributed by atoms with Gasteiger partial charge < -0.3 is 9.30 Å². The van der Waals surface area contributed by atoms with Crippen molar-refractivity contribution in [3.63, 3.8) is 0 Å². The highest BCUT2D eigenvalue weighted by atomic mass is 32.2. The first-order valence-electron chi connectivity index (χ1n) is 8.66. The largest absolute Gasteiger partial charge is 0.411 e. The van der Waals surface area contributed by atoms with Gasteiger partial charge in [0.15, 0.2) is 11.0 Å². The summed E-state index contributed by atoms with van der Waals surface area (Å²) in [5, 5.41) is 9.16. The molecule has 1 unspecified atom stereocenters. The van der Waals surface area contributed by atoms with Crippen molar-refractivity contribution in [2.45, 2.75) is 43.9 Å². The summed E-state index contributed by atoms with van der Waals surface area (Å²) in [5.41, 5.74) is 1.43. The average Bonchev–Trinajstić information content (AvgIpc) is 3.16.